The Morgan fingerprint density at radius 2 is 1.61 bits per heavy atom. The van der Waals surface area contributed by atoms with Gasteiger partial charge in [0.25, 0.3) is 0 Å². The van der Waals surface area contributed by atoms with Gasteiger partial charge in [-0.1, -0.05) is 0 Å². The molecule has 0 radical (unpaired) electrons. The maximum atomic E-state index is 13.0. The number of ether oxygens (including phenoxy) is 2. The molecular formula is C26H30O12. The third kappa shape index (κ3) is 5.14. The van der Waals surface area contributed by atoms with Gasteiger partial charge in [-0.15, -0.1) is 0 Å². The van der Waals surface area contributed by atoms with Crippen LogP contribution in [0.25, 0.3) is 22.3 Å². The van der Waals surface area contributed by atoms with Crippen molar-refractivity contribution in [3.63, 3.8) is 0 Å². The SMILES string of the molecule is CC(C)(CCc1c(O)cc(O)c2c(=O)c(O)c(-c3ccc(O)cc3)oc12)O[C@H]1O[C@H](CO)[C@H](O)[C@@H](O)[C@H]1O. The predicted molar refractivity (Wildman–Crippen MR) is 132 cm³/mol. The molecule has 1 fully saturated rings. The van der Waals surface area contributed by atoms with Crippen LogP contribution in [0.15, 0.2) is 39.5 Å². The summed E-state index contributed by atoms with van der Waals surface area (Å²) < 4.78 is 17.1. The summed E-state index contributed by atoms with van der Waals surface area (Å²) in [5.41, 5.74) is -1.79. The number of benzene rings is 2. The Kier molecular flexibility index (Phi) is 7.57. The second kappa shape index (κ2) is 10.4. The van der Waals surface area contributed by atoms with Crippen LogP contribution in [0.2, 0.25) is 0 Å². The van der Waals surface area contributed by atoms with Crippen molar-refractivity contribution in [1.29, 1.82) is 0 Å². The number of aromatic hydroxyl groups is 4. The van der Waals surface area contributed by atoms with Crippen LogP contribution in [-0.2, 0) is 15.9 Å². The molecule has 0 amide bonds. The molecule has 2 aromatic carbocycles. The second-order valence-electron chi connectivity index (χ2n) is 9.83. The minimum absolute atomic E-state index is 0.0236. The van der Waals surface area contributed by atoms with Crippen molar-refractivity contribution in [1.82, 2.24) is 0 Å². The summed E-state index contributed by atoms with van der Waals surface area (Å²) in [5.74, 6) is -2.02. The van der Waals surface area contributed by atoms with E-state index in [0.29, 0.717) is 0 Å². The molecule has 1 aromatic heterocycles. The molecule has 0 unspecified atom stereocenters. The van der Waals surface area contributed by atoms with Gasteiger partial charge in [-0.05, 0) is 51.0 Å². The Bertz CT molecular complexity index is 1360. The molecule has 12 nitrogen and oxygen atoms in total. The number of phenolic OH excluding ortho intramolecular Hbond substituents is 3. The van der Waals surface area contributed by atoms with E-state index in [1.807, 2.05) is 0 Å². The van der Waals surface area contributed by atoms with E-state index >= 15 is 0 Å². The summed E-state index contributed by atoms with van der Waals surface area (Å²) in [6.45, 7) is 2.66. The van der Waals surface area contributed by atoms with Gasteiger partial charge in [0.1, 0.15) is 52.6 Å². The number of hydrogen-bond donors (Lipinski definition) is 8. The zero-order valence-corrected chi connectivity index (χ0v) is 20.6. The summed E-state index contributed by atoms with van der Waals surface area (Å²) in [5, 5.41) is 80.4. The van der Waals surface area contributed by atoms with Crippen molar-refractivity contribution in [3.05, 3.63) is 46.1 Å². The van der Waals surface area contributed by atoms with Gasteiger partial charge in [-0.25, -0.2) is 0 Å². The van der Waals surface area contributed by atoms with Gasteiger partial charge in [-0.2, -0.15) is 0 Å². The molecule has 2 heterocycles. The predicted octanol–water partition coefficient (Wildman–Crippen LogP) is 0.810. The molecular weight excluding hydrogens is 504 g/mol. The largest absolute Gasteiger partial charge is 0.508 e. The molecule has 206 valence electrons. The minimum atomic E-state index is -1.62. The summed E-state index contributed by atoms with van der Waals surface area (Å²) in [6, 6.07) is 6.45. The van der Waals surface area contributed by atoms with E-state index in [1.54, 1.807) is 13.8 Å². The van der Waals surface area contributed by atoms with E-state index in [4.69, 9.17) is 13.9 Å². The average Bonchev–Trinajstić information content (AvgIpc) is 2.86. The van der Waals surface area contributed by atoms with Gasteiger partial charge in [0, 0.05) is 17.2 Å². The molecule has 1 saturated heterocycles. The zero-order valence-electron chi connectivity index (χ0n) is 20.6. The molecule has 1 aliphatic heterocycles. The second-order valence-corrected chi connectivity index (χ2v) is 9.83. The van der Waals surface area contributed by atoms with Gasteiger partial charge in [-0.3, -0.25) is 4.79 Å². The number of hydrogen-bond acceptors (Lipinski definition) is 12. The van der Waals surface area contributed by atoms with Gasteiger partial charge >= 0.3 is 0 Å². The molecule has 4 rings (SSSR count). The highest BCUT2D eigenvalue weighted by Gasteiger charge is 2.45. The summed E-state index contributed by atoms with van der Waals surface area (Å²) in [4.78, 5) is 13.0. The van der Waals surface area contributed by atoms with E-state index in [2.05, 4.69) is 0 Å². The molecule has 0 spiro atoms. The summed E-state index contributed by atoms with van der Waals surface area (Å²) >= 11 is 0. The maximum Gasteiger partial charge on any atom is 0.238 e. The van der Waals surface area contributed by atoms with E-state index in [0.717, 1.165) is 6.07 Å². The van der Waals surface area contributed by atoms with Crippen molar-refractivity contribution < 1.29 is 54.7 Å². The number of phenols is 3. The fraction of sp³-hybridized carbons (Fsp3) is 0.423. The maximum absolute atomic E-state index is 13.0. The van der Waals surface area contributed by atoms with E-state index in [-0.39, 0.29) is 52.2 Å². The van der Waals surface area contributed by atoms with Crippen molar-refractivity contribution in [2.24, 2.45) is 0 Å². The van der Waals surface area contributed by atoms with Gasteiger partial charge < -0.3 is 54.7 Å². The van der Waals surface area contributed by atoms with Crippen LogP contribution in [0.1, 0.15) is 25.8 Å². The number of aliphatic hydroxyl groups is 4. The van der Waals surface area contributed by atoms with E-state index in [1.165, 1.54) is 24.3 Å². The third-order valence-corrected chi connectivity index (χ3v) is 6.59. The van der Waals surface area contributed by atoms with Crippen LogP contribution < -0.4 is 5.43 Å². The Labute approximate surface area is 216 Å². The lowest BCUT2D eigenvalue weighted by molar-refractivity contribution is -0.323. The molecule has 0 aliphatic carbocycles. The molecule has 0 saturated carbocycles. The first kappa shape index (κ1) is 27.6. The topological polar surface area (TPSA) is 211 Å². The van der Waals surface area contributed by atoms with E-state index < -0.39 is 59.8 Å². The van der Waals surface area contributed by atoms with Crippen molar-refractivity contribution in [2.45, 2.75) is 63.0 Å². The van der Waals surface area contributed by atoms with E-state index in [9.17, 15) is 45.6 Å². The Hall–Kier alpha value is -3.39. The van der Waals surface area contributed by atoms with Crippen LogP contribution in [-0.4, -0.2) is 83.8 Å². The monoisotopic (exact) mass is 534 g/mol. The van der Waals surface area contributed by atoms with Crippen LogP contribution in [0, 0.1) is 0 Å². The summed E-state index contributed by atoms with van der Waals surface area (Å²) in [6.07, 6.45) is -7.15. The summed E-state index contributed by atoms with van der Waals surface area (Å²) in [7, 11) is 0. The Morgan fingerprint density at radius 1 is 0.947 bits per heavy atom. The number of rotatable bonds is 7. The third-order valence-electron chi connectivity index (χ3n) is 6.59. The average molecular weight is 535 g/mol. The van der Waals surface area contributed by atoms with Crippen molar-refractivity contribution in [3.8, 4) is 34.3 Å². The normalized spacial score (nSPS) is 24.1. The highest BCUT2D eigenvalue weighted by molar-refractivity contribution is 5.91. The molecule has 38 heavy (non-hydrogen) atoms. The molecule has 12 heteroatoms. The number of aliphatic hydroxyl groups excluding tert-OH is 4. The lowest BCUT2D eigenvalue weighted by Gasteiger charge is -2.42. The number of aryl methyl sites for hydroxylation is 1. The zero-order chi connectivity index (χ0) is 27.9. The lowest BCUT2D eigenvalue weighted by Crippen LogP contribution is -2.60. The van der Waals surface area contributed by atoms with Crippen LogP contribution in [0.4, 0.5) is 0 Å². The molecule has 8 N–H and O–H groups in total. The molecule has 1 aliphatic rings. The smallest absolute Gasteiger partial charge is 0.238 e. The molecule has 5 atom stereocenters. The minimum Gasteiger partial charge on any atom is -0.508 e. The Balaban J connectivity index is 1.67. The first-order chi connectivity index (χ1) is 17.8. The fourth-order valence-electron chi connectivity index (χ4n) is 4.39. The van der Waals surface area contributed by atoms with Crippen LogP contribution in [0.5, 0.6) is 23.0 Å². The quantitative estimate of drug-likeness (QED) is 0.212. The van der Waals surface area contributed by atoms with Crippen LogP contribution in [0.3, 0.4) is 0 Å². The van der Waals surface area contributed by atoms with Gasteiger partial charge in [0.2, 0.25) is 11.2 Å². The van der Waals surface area contributed by atoms with Crippen molar-refractivity contribution >= 4 is 11.0 Å². The highest BCUT2D eigenvalue weighted by atomic mass is 16.7. The number of fused-ring (bicyclic) bond motifs is 1. The van der Waals surface area contributed by atoms with Gasteiger partial charge in [0.15, 0.2) is 12.1 Å². The van der Waals surface area contributed by atoms with Crippen molar-refractivity contribution in [2.75, 3.05) is 6.61 Å². The highest BCUT2D eigenvalue weighted by Crippen LogP contribution is 2.40. The van der Waals surface area contributed by atoms with Gasteiger partial charge in [0.05, 0.1) is 12.2 Å². The first-order valence-corrected chi connectivity index (χ1v) is 11.9. The first-order valence-electron chi connectivity index (χ1n) is 11.9. The molecule has 3 aromatic rings. The van der Waals surface area contributed by atoms with Crippen LogP contribution >= 0.6 is 0 Å². The standard InChI is InChI=1S/C26H30O12/c1-26(2,38-25-22(35)20(33)18(31)16(10-27)36-25)8-7-13-14(29)9-15(30)17-19(32)21(34)23(37-24(13)17)11-3-5-12(28)6-4-11/h3-6,9,16,18,20,22,25,27-31,33-35H,7-8,10H2,1-2H3/t16-,18+,20-,22-,25-/m1/s1. The lowest BCUT2D eigenvalue weighted by atomic mass is 9.95. The Morgan fingerprint density at radius 3 is 2.24 bits per heavy atom. The fourth-order valence-corrected chi connectivity index (χ4v) is 4.39. The molecule has 0 bridgehead atoms.